The van der Waals surface area contributed by atoms with E-state index < -0.39 is 5.91 Å². The maximum absolute atomic E-state index is 12.5. The van der Waals surface area contributed by atoms with Crippen molar-refractivity contribution in [2.75, 3.05) is 0 Å². The molecular weight excluding hydrogens is 412 g/mol. The van der Waals surface area contributed by atoms with Gasteiger partial charge in [0.1, 0.15) is 11.5 Å². The van der Waals surface area contributed by atoms with Gasteiger partial charge in [-0.25, -0.2) is 0 Å². The Hall–Kier alpha value is -1.90. The third-order valence-corrected chi connectivity index (χ3v) is 5.15. The van der Waals surface area contributed by atoms with Crippen molar-refractivity contribution < 1.29 is 14.0 Å². The van der Waals surface area contributed by atoms with E-state index in [1.165, 1.54) is 0 Å². The molecule has 0 bridgehead atoms. The van der Waals surface area contributed by atoms with Crippen molar-refractivity contribution in [1.29, 1.82) is 0 Å². The smallest absolute Gasteiger partial charge is 0.285 e. The summed E-state index contributed by atoms with van der Waals surface area (Å²) in [7, 11) is 0. The Balaban J connectivity index is 1.79. The molecule has 8 heteroatoms. The Morgan fingerprint density at radius 1 is 1.33 bits per heavy atom. The highest BCUT2D eigenvalue weighted by atomic mass is 79.9. The maximum Gasteiger partial charge on any atom is 0.285 e. The zero-order chi connectivity index (χ0) is 17.3. The first-order valence-electron chi connectivity index (χ1n) is 6.85. The molecule has 1 aliphatic heterocycles. The summed E-state index contributed by atoms with van der Waals surface area (Å²) in [5.41, 5.74) is 2.95. The molecule has 0 aliphatic carbocycles. The average molecular weight is 423 g/mol. The van der Waals surface area contributed by atoms with Gasteiger partial charge in [-0.05, 0) is 59.3 Å². The quantitative estimate of drug-likeness (QED) is 0.600. The summed E-state index contributed by atoms with van der Waals surface area (Å²) in [6.07, 6.45) is 1.61. The highest BCUT2D eigenvalue weighted by Gasteiger charge is 2.34. The highest BCUT2D eigenvalue weighted by molar-refractivity contribution is 9.10. The number of hydrazine groups is 1. The molecule has 1 aromatic heterocycles. The molecule has 1 saturated heterocycles. The molecule has 24 heavy (non-hydrogen) atoms. The summed E-state index contributed by atoms with van der Waals surface area (Å²) in [4.78, 5) is 25.2. The number of furan rings is 1. The van der Waals surface area contributed by atoms with E-state index in [1.54, 1.807) is 42.5 Å². The Labute approximate surface area is 156 Å². The number of nitrogens with one attached hydrogen (secondary N) is 1. The first-order valence-corrected chi connectivity index (χ1v) is 8.87. The van der Waals surface area contributed by atoms with Crippen LogP contribution in [-0.4, -0.2) is 21.1 Å². The number of benzene rings is 1. The number of nitrogens with zero attached hydrogens (tertiary/aromatic N) is 1. The van der Waals surface area contributed by atoms with Gasteiger partial charge in [0.05, 0.1) is 10.5 Å². The van der Waals surface area contributed by atoms with Gasteiger partial charge in [-0.15, -0.1) is 0 Å². The highest BCUT2D eigenvalue weighted by Crippen LogP contribution is 2.32. The summed E-state index contributed by atoms with van der Waals surface area (Å²) in [6, 6.07) is 10.5. The summed E-state index contributed by atoms with van der Waals surface area (Å²) in [6.45, 7) is 1.82. The van der Waals surface area contributed by atoms with Gasteiger partial charge in [0.15, 0.2) is 4.32 Å². The van der Waals surface area contributed by atoms with Gasteiger partial charge in [0, 0.05) is 10.5 Å². The van der Waals surface area contributed by atoms with E-state index in [0.717, 1.165) is 22.5 Å². The lowest BCUT2D eigenvalue weighted by Crippen LogP contribution is -2.44. The SMILES string of the molecule is Cc1ccc(C=C2SC(=S)N(NC(=O)c3ccccc3Br)C2=O)o1. The number of aryl methyl sites for hydroxylation is 1. The van der Waals surface area contributed by atoms with Gasteiger partial charge >= 0.3 is 0 Å². The van der Waals surface area contributed by atoms with Crippen molar-refractivity contribution in [3.8, 4) is 0 Å². The third kappa shape index (κ3) is 3.45. The molecule has 1 fully saturated rings. The lowest BCUT2D eigenvalue weighted by molar-refractivity contribution is -0.123. The fourth-order valence-corrected chi connectivity index (χ4v) is 3.66. The van der Waals surface area contributed by atoms with E-state index in [1.807, 2.05) is 6.92 Å². The number of hydrogen-bond acceptors (Lipinski definition) is 5. The molecule has 0 spiro atoms. The van der Waals surface area contributed by atoms with Crippen LogP contribution < -0.4 is 5.43 Å². The molecule has 3 rings (SSSR count). The van der Waals surface area contributed by atoms with Crippen LogP contribution >= 0.6 is 39.9 Å². The number of amides is 2. The molecule has 5 nitrogen and oxygen atoms in total. The Morgan fingerprint density at radius 2 is 2.08 bits per heavy atom. The van der Waals surface area contributed by atoms with Crippen molar-refractivity contribution >= 4 is 62.1 Å². The molecular formula is C16H11BrN2O3S2. The van der Waals surface area contributed by atoms with Crippen LogP contribution in [0, 0.1) is 6.92 Å². The van der Waals surface area contributed by atoms with Crippen molar-refractivity contribution in [1.82, 2.24) is 10.4 Å². The molecule has 0 atom stereocenters. The Bertz CT molecular complexity index is 876. The molecule has 2 aromatic rings. The number of carbonyl (C=O) groups excluding carboxylic acids is 2. The van der Waals surface area contributed by atoms with Gasteiger partial charge in [0.25, 0.3) is 11.8 Å². The second-order valence-corrected chi connectivity index (χ2v) is 7.42. The van der Waals surface area contributed by atoms with E-state index >= 15 is 0 Å². The van der Waals surface area contributed by atoms with Gasteiger partial charge in [-0.3, -0.25) is 15.0 Å². The number of rotatable bonds is 3. The van der Waals surface area contributed by atoms with Crippen LogP contribution in [0.25, 0.3) is 6.08 Å². The largest absolute Gasteiger partial charge is 0.462 e. The monoisotopic (exact) mass is 422 g/mol. The summed E-state index contributed by atoms with van der Waals surface area (Å²) in [5, 5.41) is 1.07. The van der Waals surface area contributed by atoms with Gasteiger partial charge in [0.2, 0.25) is 0 Å². The molecule has 0 radical (unpaired) electrons. The molecule has 1 N–H and O–H groups in total. The predicted molar refractivity (Wildman–Crippen MR) is 100 cm³/mol. The number of carbonyl (C=O) groups is 2. The molecule has 122 valence electrons. The van der Waals surface area contributed by atoms with Crippen LogP contribution in [0.15, 0.2) is 50.2 Å². The number of thioether (sulfide) groups is 1. The first-order chi connectivity index (χ1) is 11.5. The predicted octanol–water partition coefficient (Wildman–Crippen LogP) is 3.90. The summed E-state index contributed by atoms with van der Waals surface area (Å²) < 4.78 is 6.33. The van der Waals surface area contributed by atoms with Crippen LogP contribution in [-0.2, 0) is 4.79 Å². The molecule has 0 unspecified atom stereocenters. The van der Waals surface area contributed by atoms with Crippen LogP contribution in [0.5, 0.6) is 0 Å². The second kappa shape index (κ2) is 6.92. The van der Waals surface area contributed by atoms with E-state index in [-0.39, 0.29) is 10.2 Å². The number of thiocarbonyl (C=S) groups is 1. The fourth-order valence-electron chi connectivity index (χ4n) is 2.03. The zero-order valence-corrected chi connectivity index (χ0v) is 15.6. The summed E-state index contributed by atoms with van der Waals surface area (Å²) in [5.74, 6) is 0.498. The van der Waals surface area contributed by atoms with Crippen LogP contribution in [0.1, 0.15) is 21.9 Å². The van der Waals surface area contributed by atoms with Crippen molar-refractivity contribution in [2.45, 2.75) is 6.92 Å². The van der Waals surface area contributed by atoms with E-state index in [4.69, 9.17) is 16.6 Å². The molecule has 2 heterocycles. The van der Waals surface area contributed by atoms with Crippen molar-refractivity contribution in [3.63, 3.8) is 0 Å². The minimum Gasteiger partial charge on any atom is -0.462 e. The molecule has 0 saturated carbocycles. The maximum atomic E-state index is 12.5. The topological polar surface area (TPSA) is 62.6 Å². The minimum absolute atomic E-state index is 0.259. The Morgan fingerprint density at radius 3 is 2.75 bits per heavy atom. The van der Waals surface area contributed by atoms with Crippen molar-refractivity contribution in [2.24, 2.45) is 0 Å². The second-order valence-electron chi connectivity index (χ2n) is 4.89. The lowest BCUT2D eigenvalue weighted by Gasteiger charge is -2.16. The van der Waals surface area contributed by atoms with Crippen LogP contribution in [0.2, 0.25) is 0 Å². The van der Waals surface area contributed by atoms with Gasteiger partial charge in [-0.2, -0.15) is 5.01 Å². The van der Waals surface area contributed by atoms with E-state index in [0.29, 0.717) is 20.7 Å². The van der Waals surface area contributed by atoms with Crippen LogP contribution in [0.3, 0.4) is 0 Å². The van der Waals surface area contributed by atoms with Gasteiger partial charge < -0.3 is 4.42 Å². The van der Waals surface area contributed by atoms with E-state index in [2.05, 4.69) is 21.4 Å². The average Bonchev–Trinajstić information content (AvgIpc) is 3.06. The minimum atomic E-state index is -0.422. The summed E-state index contributed by atoms with van der Waals surface area (Å²) >= 11 is 9.61. The first kappa shape index (κ1) is 16.9. The van der Waals surface area contributed by atoms with Gasteiger partial charge in [-0.1, -0.05) is 23.9 Å². The van der Waals surface area contributed by atoms with E-state index in [9.17, 15) is 9.59 Å². The molecule has 2 amide bonds. The standard InChI is InChI=1S/C16H11BrN2O3S2/c1-9-6-7-10(22-9)8-13-15(21)19(16(23)24-13)18-14(20)11-4-2-3-5-12(11)17/h2-8H,1H3,(H,18,20). The normalized spacial score (nSPS) is 16.1. The molecule has 1 aliphatic rings. The third-order valence-electron chi connectivity index (χ3n) is 3.16. The lowest BCUT2D eigenvalue weighted by atomic mass is 10.2. The molecule has 1 aromatic carbocycles. The zero-order valence-electron chi connectivity index (χ0n) is 12.4. The fraction of sp³-hybridized carbons (Fsp3) is 0.0625. The van der Waals surface area contributed by atoms with Crippen LogP contribution in [0.4, 0.5) is 0 Å². The number of halogens is 1. The number of hydrogen-bond donors (Lipinski definition) is 1. The van der Waals surface area contributed by atoms with Crippen molar-refractivity contribution in [3.05, 3.63) is 62.9 Å². The Kier molecular flexibility index (Phi) is 4.88.